The molecule has 0 aromatic heterocycles. The lowest BCUT2D eigenvalue weighted by atomic mass is 10.3. The van der Waals surface area contributed by atoms with Crippen LogP contribution in [-0.2, 0) is 10.8 Å². The Kier molecular flexibility index (Phi) is 4.56. The second kappa shape index (κ2) is 5.50. The topological polar surface area (TPSA) is 29.1 Å². The quantitative estimate of drug-likeness (QED) is 0.882. The summed E-state index contributed by atoms with van der Waals surface area (Å²) >= 11 is 0. The van der Waals surface area contributed by atoms with Crippen LogP contribution in [0.15, 0.2) is 23.1 Å². The number of rotatable bonds is 4. The minimum atomic E-state index is -1.35. The Morgan fingerprint density at radius 1 is 1.25 bits per heavy atom. The molecule has 0 amide bonds. The van der Waals surface area contributed by atoms with E-state index in [0.717, 1.165) is 12.1 Å². The summed E-state index contributed by atoms with van der Waals surface area (Å²) in [5.74, 6) is -1.88. The van der Waals surface area contributed by atoms with Gasteiger partial charge in [0.1, 0.15) is 0 Å². The maximum Gasteiger partial charge on any atom is 0.160 e. The van der Waals surface area contributed by atoms with Crippen LogP contribution in [0.3, 0.4) is 0 Å². The summed E-state index contributed by atoms with van der Waals surface area (Å²) in [5, 5.41) is 2.81. The molecule has 0 aliphatic rings. The van der Waals surface area contributed by atoms with Crippen molar-refractivity contribution in [1.82, 2.24) is 5.32 Å². The van der Waals surface area contributed by atoms with E-state index < -0.39 is 22.4 Å². The third-order valence-corrected chi connectivity index (χ3v) is 4.42. The third-order valence-electron chi connectivity index (χ3n) is 2.62. The van der Waals surface area contributed by atoms with Gasteiger partial charge in [0.2, 0.25) is 0 Å². The van der Waals surface area contributed by atoms with Crippen LogP contribution in [0, 0.1) is 11.6 Å². The van der Waals surface area contributed by atoms with E-state index in [-0.39, 0.29) is 11.3 Å². The largest absolute Gasteiger partial charge is 0.316 e. The monoisotopic (exact) mass is 247 g/mol. The Balaban J connectivity index is 2.92. The average Bonchev–Trinajstić information content (AvgIpc) is 2.29. The first-order chi connectivity index (χ1) is 7.47. The van der Waals surface area contributed by atoms with Crippen LogP contribution < -0.4 is 5.32 Å². The van der Waals surface area contributed by atoms with E-state index in [0.29, 0.717) is 4.90 Å². The van der Waals surface area contributed by atoms with E-state index in [1.807, 2.05) is 6.92 Å². The Morgan fingerprint density at radius 3 is 2.38 bits per heavy atom. The lowest BCUT2D eigenvalue weighted by molar-refractivity contribution is 0.505. The minimum absolute atomic E-state index is 0.0361. The number of nitrogens with one attached hydrogen (secondary N) is 1. The molecule has 0 radical (unpaired) electrons. The highest BCUT2D eigenvalue weighted by Gasteiger charge is 2.19. The van der Waals surface area contributed by atoms with Crippen LogP contribution in [0.1, 0.15) is 13.8 Å². The summed E-state index contributed by atoms with van der Waals surface area (Å²) in [6.45, 7) is 3.70. The van der Waals surface area contributed by atoms with Crippen molar-refractivity contribution in [3.05, 3.63) is 29.8 Å². The van der Waals surface area contributed by atoms with Crippen LogP contribution in [0.5, 0.6) is 0 Å². The van der Waals surface area contributed by atoms with Gasteiger partial charge in [-0.25, -0.2) is 8.78 Å². The van der Waals surface area contributed by atoms with Gasteiger partial charge in [-0.05, 0) is 39.1 Å². The van der Waals surface area contributed by atoms with Crippen molar-refractivity contribution < 1.29 is 13.0 Å². The van der Waals surface area contributed by atoms with Crippen LogP contribution >= 0.6 is 0 Å². The van der Waals surface area contributed by atoms with E-state index in [1.54, 1.807) is 14.0 Å². The first-order valence-corrected chi connectivity index (χ1v) is 6.21. The van der Waals surface area contributed by atoms with Crippen molar-refractivity contribution in [3.8, 4) is 0 Å². The molecule has 1 aromatic carbocycles. The normalized spacial score (nSPS) is 16.8. The number of hydrogen-bond donors (Lipinski definition) is 1. The molecule has 2 nitrogen and oxygen atoms in total. The summed E-state index contributed by atoms with van der Waals surface area (Å²) in [6, 6.07) is 3.38. The van der Waals surface area contributed by atoms with Gasteiger partial charge in [0.05, 0.1) is 16.0 Å². The highest BCUT2D eigenvalue weighted by Crippen LogP contribution is 2.16. The fourth-order valence-electron chi connectivity index (χ4n) is 1.24. The van der Waals surface area contributed by atoms with Crippen molar-refractivity contribution in [2.24, 2.45) is 0 Å². The molecule has 0 saturated heterocycles. The van der Waals surface area contributed by atoms with Crippen LogP contribution in [-0.4, -0.2) is 22.5 Å². The average molecular weight is 247 g/mol. The van der Waals surface area contributed by atoms with Gasteiger partial charge in [0, 0.05) is 10.9 Å². The van der Waals surface area contributed by atoms with Gasteiger partial charge in [0.15, 0.2) is 11.6 Å². The molecule has 0 aliphatic carbocycles. The van der Waals surface area contributed by atoms with Gasteiger partial charge >= 0.3 is 0 Å². The van der Waals surface area contributed by atoms with Crippen LogP contribution in [0.4, 0.5) is 8.78 Å². The minimum Gasteiger partial charge on any atom is -0.316 e. The molecule has 0 saturated carbocycles. The van der Waals surface area contributed by atoms with Crippen molar-refractivity contribution in [2.45, 2.75) is 30.0 Å². The molecule has 0 fully saturated rings. The smallest absolute Gasteiger partial charge is 0.160 e. The van der Waals surface area contributed by atoms with E-state index in [9.17, 15) is 13.0 Å². The van der Waals surface area contributed by atoms with E-state index in [2.05, 4.69) is 5.32 Å². The highest BCUT2D eigenvalue weighted by atomic mass is 32.2. The molecule has 16 heavy (non-hydrogen) atoms. The maximum atomic E-state index is 13.0. The number of benzene rings is 1. The van der Waals surface area contributed by atoms with E-state index >= 15 is 0 Å². The predicted molar refractivity (Wildman–Crippen MR) is 60.8 cm³/mol. The zero-order valence-electron chi connectivity index (χ0n) is 9.46. The van der Waals surface area contributed by atoms with E-state index in [4.69, 9.17) is 0 Å². The van der Waals surface area contributed by atoms with E-state index in [1.165, 1.54) is 6.07 Å². The Bertz CT molecular complexity index is 398. The fraction of sp³-hybridized carbons (Fsp3) is 0.455. The second-order valence-electron chi connectivity index (χ2n) is 3.66. The van der Waals surface area contributed by atoms with Gasteiger partial charge in [-0.15, -0.1) is 0 Å². The van der Waals surface area contributed by atoms with Gasteiger partial charge in [-0.1, -0.05) is 0 Å². The predicted octanol–water partition coefficient (Wildman–Crippen LogP) is 2.07. The summed E-state index contributed by atoms with van der Waals surface area (Å²) in [5.41, 5.74) is 0. The lowest BCUT2D eigenvalue weighted by Gasteiger charge is -2.18. The Labute approximate surface area is 96.5 Å². The fourth-order valence-corrected chi connectivity index (χ4v) is 2.59. The molecule has 0 heterocycles. The van der Waals surface area contributed by atoms with Crippen molar-refractivity contribution in [1.29, 1.82) is 0 Å². The lowest BCUT2D eigenvalue weighted by Crippen LogP contribution is -2.35. The molecule has 0 aliphatic heterocycles. The Hall–Kier alpha value is -0.810. The first-order valence-electron chi connectivity index (χ1n) is 5.00. The summed E-state index contributed by atoms with van der Waals surface area (Å²) in [4.78, 5) is 0.313. The third kappa shape index (κ3) is 2.86. The highest BCUT2D eigenvalue weighted by molar-refractivity contribution is 7.85. The van der Waals surface area contributed by atoms with Crippen LogP contribution in [0.25, 0.3) is 0 Å². The molecule has 5 heteroatoms. The van der Waals surface area contributed by atoms with Gasteiger partial charge in [0.25, 0.3) is 0 Å². The molecule has 1 aromatic rings. The first kappa shape index (κ1) is 13.3. The summed E-state index contributed by atoms with van der Waals surface area (Å²) in [6.07, 6.45) is 0. The molecular weight excluding hydrogens is 232 g/mol. The van der Waals surface area contributed by atoms with Gasteiger partial charge in [-0.3, -0.25) is 4.21 Å². The molecule has 1 N–H and O–H groups in total. The Morgan fingerprint density at radius 2 is 1.88 bits per heavy atom. The van der Waals surface area contributed by atoms with Gasteiger partial charge < -0.3 is 5.32 Å². The molecule has 1 rings (SSSR count). The SMILES string of the molecule is CNC(C)C(C)S(=O)c1ccc(F)c(F)c1. The maximum absolute atomic E-state index is 13.0. The summed E-state index contributed by atoms with van der Waals surface area (Å²) in [7, 11) is 0.422. The van der Waals surface area contributed by atoms with Crippen molar-refractivity contribution in [2.75, 3.05) is 7.05 Å². The zero-order chi connectivity index (χ0) is 12.3. The molecule has 0 spiro atoms. The van der Waals surface area contributed by atoms with Gasteiger partial charge in [-0.2, -0.15) is 0 Å². The zero-order valence-corrected chi connectivity index (χ0v) is 10.3. The summed E-state index contributed by atoms with van der Waals surface area (Å²) < 4.78 is 37.7. The number of halogens is 2. The molecular formula is C11H15F2NOS. The standard InChI is InChI=1S/C11H15F2NOS/c1-7(14-3)8(2)16(15)9-4-5-10(12)11(13)6-9/h4-8,14H,1-3H3. The molecule has 3 unspecified atom stereocenters. The molecule has 0 bridgehead atoms. The molecule has 90 valence electrons. The van der Waals surface area contributed by atoms with Crippen molar-refractivity contribution >= 4 is 10.8 Å². The molecule has 3 atom stereocenters. The number of hydrogen-bond acceptors (Lipinski definition) is 2. The van der Waals surface area contributed by atoms with Crippen molar-refractivity contribution in [3.63, 3.8) is 0 Å². The van der Waals surface area contributed by atoms with Crippen LogP contribution in [0.2, 0.25) is 0 Å². The second-order valence-corrected chi connectivity index (χ2v) is 5.47.